The molecule has 0 aromatic heterocycles. The standard InChI is InChI=1S/C22H21Cl2N5O2/c1-12-15(10-25)20(14-8-7-13(23)9-16(14)24)29-11-18(28-22(29)26-12)21(30)27-17-5-3-4-6-19(17)31-2/h3-9,18H,10-11,25H2,1-2H3,(H,27,30). The molecule has 2 aliphatic rings. The minimum atomic E-state index is -0.658. The highest BCUT2D eigenvalue weighted by molar-refractivity contribution is 6.36. The summed E-state index contributed by atoms with van der Waals surface area (Å²) in [5.74, 6) is 0.776. The molecule has 0 saturated carbocycles. The number of benzene rings is 2. The van der Waals surface area contributed by atoms with E-state index in [1.54, 1.807) is 31.4 Å². The van der Waals surface area contributed by atoms with Crippen LogP contribution >= 0.6 is 23.2 Å². The van der Waals surface area contributed by atoms with Gasteiger partial charge in [0.05, 0.1) is 30.1 Å². The number of fused-ring (bicyclic) bond motifs is 1. The average molecular weight is 458 g/mol. The topological polar surface area (TPSA) is 92.3 Å². The van der Waals surface area contributed by atoms with Crippen LogP contribution in [0.4, 0.5) is 5.69 Å². The molecule has 7 nitrogen and oxygen atoms in total. The first-order chi connectivity index (χ1) is 14.9. The van der Waals surface area contributed by atoms with E-state index in [-0.39, 0.29) is 12.5 Å². The number of hydrogen-bond acceptors (Lipinski definition) is 6. The molecule has 2 aromatic carbocycles. The number of para-hydroxylation sites is 2. The second-order valence-corrected chi connectivity index (χ2v) is 7.94. The Hall–Kier alpha value is -2.87. The number of aliphatic imine (C=N–C) groups is 2. The van der Waals surface area contributed by atoms with Crippen LogP contribution in [0.3, 0.4) is 0 Å². The van der Waals surface area contributed by atoms with Crippen molar-refractivity contribution < 1.29 is 9.53 Å². The van der Waals surface area contributed by atoms with Gasteiger partial charge in [0, 0.05) is 28.4 Å². The Morgan fingerprint density at radius 1 is 1.29 bits per heavy atom. The zero-order chi connectivity index (χ0) is 22.1. The van der Waals surface area contributed by atoms with E-state index in [2.05, 4.69) is 15.3 Å². The predicted octanol–water partition coefficient (Wildman–Crippen LogP) is 3.83. The molecule has 9 heteroatoms. The van der Waals surface area contributed by atoms with Gasteiger partial charge in [0.1, 0.15) is 5.75 Å². The molecule has 2 aliphatic heterocycles. The van der Waals surface area contributed by atoms with Gasteiger partial charge in [0.25, 0.3) is 5.91 Å². The Labute approximate surface area is 190 Å². The lowest BCUT2D eigenvalue weighted by atomic mass is 10.00. The number of ether oxygens (including phenoxy) is 1. The summed E-state index contributed by atoms with van der Waals surface area (Å²) in [5.41, 5.74) is 9.77. The molecule has 2 aromatic rings. The summed E-state index contributed by atoms with van der Waals surface area (Å²) in [4.78, 5) is 24.0. The molecule has 160 valence electrons. The summed E-state index contributed by atoms with van der Waals surface area (Å²) in [5, 5.41) is 3.92. The minimum absolute atomic E-state index is 0.255. The van der Waals surface area contributed by atoms with E-state index < -0.39 is 6.04 Å². The van der Waals surface area contributed by atoms with Gasteiger partial charge in [0.2, 0.25) is 5.96 Å². The summed E-state index contributed by atoms with van der Waals surface area (Å²) in [7, 11) is 1.56. The Balaban J connectivity index is 1.67. The first-order valence-electron chi connectivity index (χ1n) is 9.66. The molecule has 2 heterocycles. The lowest BCUT2D eigenvalue weighted by Gasteiger charge is -2.30. The van der Waals surface area contributed by atoms with Crippen LogP contribution < -0.4 is 15.8 Å². The van der Waals surface area contributed by atoms with E-state index in [4.69, 9.17) is 33.7 Å². The van der Waals surface area contributed by atoms with E-state index in [1.807, 2.05) is 30.0 Å². The zero-order valence-electron chi connectivity index (χ0n) is 17.0. The lowest BCUT2D eigenvalue weighted by molar-refractivity contribution is -0.117. The maximum Gasteiger partial charge on any atom is 0.251 e. The van der Waals surface area contributed by atoms with E-state index in [0.717, 1.165) is 22.5 Å². The van der Waals surface area contributed by atoms with Crippen LogP contribution in [0.2, 0.25) is 10.0 Å². The fourth-order valence-electron chi connectivity index (χ4n) is 3.68. The summed E-state index contributed by atoms with van der Waals surface area (Å²) in [6.45, 7) is 2.45. The van der Waals surface area contributed by atoms with Crippen LogP contribution in [0.25, 0.3) is 5.70 Å². The van der Waals surface area contributed by atoms with Crippen LogP contribution in [0.15, 0.2) is 58.0 Å². The van der Waals surface area contributed by atoms with Gasteiger partial charge in [-0.1, -0.05) is 35.3 Å². The van der Waals surface area contributed by atoms with Crippen LogP contribution in [0, 0.1) is 0 Å². The molecular weight excluding hydrogens is 437 g/mol. The zero-order valence-corrected chi connectivity index (χ0v) is 18.5. The number of guanidine groups is 1. The first-order valence-corrected chi connectivity index (χ1v) is 10.4. The third-order valence-corrected chi connectivity index (χ3v) is 5.73. The SMILES string of the molecule is COc1ccccc1NC(=O)C1CN2C(=N1)N=C(C)C(CN)=C2c1ccc(Cl)cc1Cl. The van der Waals surface area contributed by atoms with Crippen molar-refractivity contribution >= 4 is 52.2 Å². The summed E-state index contributed by atoms with van der Waals surface area (Å²) >= 11 is 12.6. The van der Waals surface area contributed by atoms with Crippen molar-refractivity contribution in [1.29, 1.82) is 0 Å². The average Bonchev–Trinajstić information content (AvgIpc) is 3.17. The van der Waals surface area contributed by atoms with Crippen LogP contribution in [0.5, 0.6) is 5.75 Å². The number of carbonyl (C=O) groups excluding carboxylic acids is 1. The van der Waals surface area contributed by atoms with Gasteiger partial charge >= 0.3 is 0 Å². The number of nitrogens with zero attached hydrogens (tertiary/aromatic N) is 3. The molecule has 3 N–H and O–H groups in total. The third kappa shape index (κ3) is 4.04. The first kappa shape index (κ1) is 21.4. The number of nitrogens with two attached hydrogens (primary N) is 1. The van der Waals surface area contributed by atoms with Crippen molar-refractivity contribution in [2.45, 2.75) is 13.0 Å². The number of anilines is 1. The Kier molecular flexibility index (Phi) is 6.00. The molecular formula is C22H21Cl2N5O2. The highest BCUT2D eigenvalue weighted by Crippen LogP contribution is 2.36. The number of carbonyl (C=O) groups is 1. The molecule has 0 bridgehead atoms. The van der Waals surface area contributed by atoms with E-state index in [1.165, 1.54) is 0 Å². The molecule has 1 amide bonds. The van der Waals surface area contributed by atoms with Gasteiger partial charge in [-0.05, 0) is 37.3 Å². The maximum absolute atomic E-state index is 13.0. The highest BCUT2D eigenvalue weighted by atomic mass is 35.5. The quantitative estimate of drug-likeness (QED) is 0.713. The van der Waals surface area contributed by atoms with E-state index in [0.29, 0.717) is 34.0 Å². The Bertz CT molecular complexity index is 1140. The summed E-state index contributed by atoms with van der Waals surface area (Å²) < 4.78 is 5.31. The molecule has 0 fully saturated rings. The number of rotatable bonds is 5. The Morgan fingerprint density at radius 3 is 2.77 bits per heavy atom. The molecule has 0 radical (unpaired) electrons. The number of halogens is 2. The largest absolute Gasteiger partial charge is 0.495 e. The van der Waals surface area contributed by atoms with Crippen molar-refractivity contribution in [3.05, 3.63) is 63.6 Å². The van der Waals surface area contributed by atoms with Crippen molar-refractivity contribution in [2.24, 2.45) is 15.7 Å². The Morgan fingerprint density at radius 2 is 2.06 bits per heavy atom. The third-order valence-electron chi connectivity index (χ3n) is 5.19. The van der Waals surface area contributed by atoms with Crippen molar-refractivity contribution in [3.8, 4) is 5.75 Å². The molecule has 4 rings (SSSR count). The molecule has 0 aliphatic carbocycles. The monoisotopic (exact) mass is 457 g/mol. The summed E-state index contributed by atoms with van der Waals surface area (Å²) in [6, 6.07) is 11.9. The highest BCUT2D eigenvalue weighted by Gasteiger charge is 2.37. The number of nitrogens with one attached hydrogen (secondary N) is 1. The van der Waals surface area contributed by atoms with Gasteiger partial charge < -0.3 is 20.7 Å². The smallest absolute Gasteiger partial charge is 0.251 e. The number of methoxy groups -OCH3 is 1. The van der Waals surface area contributed by atoms with Gasteiger partial charge in [-0.15, -0.1) is 0 Å². The van der Waals surface area contributed by atoms with Gasteiger partial charge in [-0.2, -0.15) is 0 Å². The van der Waals surface area contributed by atoms with Crippen molar-refractivity contribution in [3.63, 3.8) is 0 Å². The minimum Gasteiger partial charge on any atom is -0.495 e. The predicted molar refractivity (Wildman–Crippen MR) is 125 cm³/mol. The normalized spacial score (nSPS) is 17.8. The van der Waals surface area contributed by atoms with Crippen molar-refractivity contribution in [1.82, 2.24) is 4.90 Å². The van der Waals surface area contributed by atoms with Gasteiger partial charge in [0.15, 0.2) is 6.04 Å². The van der Waals surface area contributed by atoms with Crippen LogP contribution in [0.1, 0.15) is 12.5 Å². The second-order valence-electron chi connectivity index (χ2n) is 7.10. The summed E-state index contributed by atoms with van der Waals surface area (Å²) in [6.07, 6.45) is 0. The number of hydrogen-bond donors (Lipinski definition) is 2. The van der Waals surface area contributed by atoms with Gasteiger partial charge in [-0.3, -0.25) is 4.79 Å². The molecule has 1 atom stereocenters. The van der Waals surface area contributed by atoms with Crippen molar-refractivity contribution in [2.75, 3.05) is 25.5 Å². The fourth-order valence-corrected chi connectivity index (χ4v) is 4.17. The second kappa shape index (κ2) is 8.70. The number of amides is 1. The fraction of sp³-hybridized carbons (Fsp3) is 0.227. The lowest BCUT2D eigenvalue weighted by Crippen LogP contribution is -2.36. The molecule has 0 saturated heterocycles. The molecule has 0 spiro atoms. The van der Waals surface area contributed by atoms with Crippen LogP contribution in [-0.2, 0) is 4.79 Å². The van der Waals surface area contributed by atoms with E-state index in [9.17, 15) is 4.79 Å². The van der Waals surface area contributed by atoms with Gasteiger partial charge in [-0.25, -0.2) is 9.98 Å². The molecule has 1 unspecified atom stereocenters. The van der Waals surface area contributed by atoms with Crippen LogP contribution in [-0.4, -0.2) is 48.7 Å². The maximum atomic E-state index is 13.0. The van der Waals surface area contributed by atoms with E-state index >= 15 is 0 Å². The molecule has 31 heavy (non-hydrogen) atoms.